The summed E-state index contributed by atoms with van der Waals surface area (Å²) in [5.74, 6) is -1.48. The molecule has 0 radical (unpaired) electrons. The predicted molar refractivity (Wildman–Crippen MR) is 66.2 cm³/mol. The summed E-state index contributed by atoms with van der Waals surface area (Å²) in [6.45, 7) is 3.17. The highest BCUT2D eigenvalue weighted by atomic mass is 19.1. The first-order valence-corrected chi connectivity index (χ1v) is 5.85. The van der Waals surface area contributed by atoms with Crippen LogP contribution in [0.15, 0.2) is 18.2 Å². The van der Waals surface area contributed by atoms with E-state index in [1.54, 1.807) is 0 Å². The van der Waals surface area contributed by atoms with Crippen LogP contribution in [0.1, 0.15) is 17.3 Å². The average Bonchev–Trinajstić information content (AvgIpc) is 2.55. The van der Waals surface area contributed by atoms with E-state index in [2.05, 4.69) is 5.32 Å². The van der Waals surface area contributed by atoms with Crippen molar-refractivity contribution >= 4 is 17.4 Å². The SMILES string of the molecule is CNCC(C)CN1C(=O)C(=O)c2cc(F)ccc21. The lowest BCUT2D eigenvalue weighted by Gasteiger charge is -2.20. The lowest BCUT2D eigenvalue weighted by molar-refractivity contribution is -0.114. The summed E-state index contributed by atoms with van der Waals surface area (Å²) >= 11 is 0. The summed E-state index contributed by atoms with van der Waals surface area (Å²) in [5, 5.41) is 3.02. The maximum atomic E-state index is 13.1. The van der Waals surface area contributed by atoms with Gasteiger partial charge in [-0.2, -0.15) is 0 Å². The number of carbonyl (C=O) groups is 2. The molecular weight excluding hydrogens is 235 g/mol. The molecule has 1 aliphatic heterocycles. The van der Waals surface area contributed by atoms with E-state index < -0.39 is 17.5 Å². The van der Waals surface area contributed by atoms with Gasteiger partial charge >= 0.3 is 0 Å². The average molecular weight is 250 g/mol. The summed E-state index contributed by atoms with van der Waals surface area (Å²) in [6, 6.07) is 3.87. The molecule has 0 fully saturated rings. The van der Waals surface area contributed by atoms with Gasteiger partial charge in [0.05, 0.1) is 11.3 Å². The van der Waals surface area contributed by atoms with Crippen LogP contribution in [-0.4, -0.2) is 31.8 Å². The van der Waals surface area contributed by atoms with Gasteiger partial charge in [0.1, 0.15) is 5.82 Å². The Bertz CT molecular complexity index is 502. The van der Waals surface area contributed by atoms with Gasteiger partial charge in [0.15, 0.2) is 0 Å². The van der Waals surface area contributed by atoms with E-state index in [9.17, 15) is 14.0 Å². The molecular formula is C13H15FN2O2. The number of benzene rings is 1. The number of hydrogen-bond acceptors (Lipinski definition) is 3. The highest BCUT2D eigenvalue weighted by Gasteiger charge is 2.36. The van der Waals surface area contributed by atoms with Crippen molar-refractivity contribution in [2.75, 3.05) is 25.0 Å². The normalized spacial score (nSPS) is 16.1. The van der Waals surface area contributed by atoms with Crippen LogP contribution in [0.5, 0.6) is 0 Å². The van der Waals surface area contributed by atoms with Gasteiger partial charge in [0.2, 0.25) is 0 Å². The van der Waals surface area contributed by atoms with E-state index in [4.69, 9.17) is 0 Å². The number of amides is 1. The van der Waals surface area contributed by atoms with E-state index in [1.807, 2.05) is 14.0 Å². The second-order valence-corrected chi connectivity index (χ2v) is 4.57. The molecule has 0 bridgehead atoms. The Balaban J connectivity index is 2.29. The van der Waals surface area contributed by atoms with Gasteiger partial charge in [-0.25, -0.2) is 4.39 Å². The smallest absolute Gasteiger partial charge is 0.299 e. The molecule has 0 aliphatic carbocycles. The standard InChI is InChI=1S/C13H15FN2O2/c1-8(6-15-2)7-16-11-4-3-9(14)5-10(11)12(17)13(16)18/h3-5,8,15H,6-7H2,1-2H3. The largest absolute Gasteiger partial charge is 0.319 e. The molecule has 0 spiro atoms. The zero-order chi connectivity index (χ0) is 13.3. The van der Waals surface area contributed by atoms with Crippen molar-refractivity contribution in [2.24, 2.45) is 5.92 Å². The van der Waals surface area contributed by atoms with Crippen molar-refractivity contribution in [3.8, 4) is 0 Å². The highest BCUT2D eigenvalue weighted by molar-refractivity contribution is 6.52. The van der Waals surface area contributed by atoms with Crippen LogP contribution in [0.3, 0.4) is 0 Å². The summed E-state index contributed by atoms with van der Waals surface area (Å²) < 4.78 is 13.1. The number of nitrogens with zero attached hydrogens (tertiary/aromatic N) is 1. The molecule has 1 atom stereocenters. The first-order chi connectivity index (χ1) is 8.54. The molecule has 1 heterocycles. The Morgan fingerprint density at radius 2 is 2.11 bits per heavy atom. The van der Waals surface area contributed by atoms with E-state index in [0.29, 0.717) is 12.2 Å². The third-order valence-corrected chi connectivity index (χ3v) is 2.98. The maximum absolute atomic E-state index is 13.1. The van der Waals surface area contributed by atoms with Crippen LogP contribution in [0.2, 0.25) is 0 Å². The number of fused-ring (bicyclic) bond motifs is 1. The lowest BCUT2D eigenvalue weighted by atomic mass is 10.1. The molecule has 0 aromatic heterocycles. The molecule has 0 saturated heterocycles. The fraction of sp³-hybridized carbons (Fsp3) is 0.385. The third kappa shape index (κ3) is 2.13. The second-order valence-electron chi connectivity index (χ2n) is 4.57. The molecule has 18 heavy (non-hydrogen) atoms. The van der Waals surface area contributed by atoms with Crippen LogP contribution in [0.4, 0.5) is 10.1 Å². The van der Waals surface area contributed by atoms with Crippen molar-refractivity contribution < 1.29 is 14.0 Å². The number of ketones is 1. The first kappa shape index (κ1) is 12.7. The molecule has 1 N–H and O–H groups in total. The molecule has 96 valence electrons. The quantitative estimate of drug-likeness (QED) is 0.817. The Kier molecular flexibility index (Phi) is 3.43. The number of nitrogens with one attached hydrogen (secondary N) is 1. The minimum Gasteiger partial charge on any atom is -0.319 e. The molecule has 5 heteroatoms. The van der Waals surface area contributed by atoms with E-state index in [1.165, 1.54) is 17.0 Å². The van der Waals surface area contributed by atoms with Crippen molar-refractivity contribution in [3.05, 3.63) is 29.6 Å². The third-order valence-electron chi connectivity index (χ3n) is 2.98. The van der Waals surface area contributed by atoms with Crippen molar-refractivity contribution in [1.29, 1.82) is 0 Å². The lowest BCUT2D eigenvalue weighted by Crippen LogP contribution is -2.36. The Morgan fingerprint density at radius 3 is 2.78 bits per heavy atom. The Labute approximate surface area is 105 Å². The van der Waals surface area contributed by atoms with Gasteiger partial charge < -0.3 is 10.2 Å². The number of hydrogen-bond donors (Lipinski definition) is 1. The van der Waals surface area contributed by atoms with Crippen molar-refractivity contribution in [2.45, 2.75) is 6.92 Å². The van der Waals surface area contributed by atoms with Gasteiger partial charge in [0.25, 0.3) is 11.7 Å². The van der Waals surface area contributed by atoms with Gasteiger partial charge in [-0.05, 0) is 37.7 Å². The molecule has 1 amide bonds. The first-order valence-electron chi connectivity index (χ1n) is 5.85. The highest BCUT2D eigenvalue weighted by Crippen LogP contribution is 2.29. The van der Waals surface area contributed by atoms with Crippen molar-refractivity contribution in [1.82, 2.24) is 5.32 Å². The summed E-state index contributed by atoms with van der Waals surface area (Å²) in [4.78, 5) is 25.0. The molecule has 0 saturated carbocycles. The minimum atomic E-state index is -0.624. The minimum absolute atomic E-state index is 0.164. The summed E-state index contributed by atoms with van der Waals surface area (Å²) in [5.41, 5.74) is 0.672. The number of Topliss-reactive ketones (excluding diaryl/α,β-unsaturated/α-hetero) is 1. The monoisotopic (exact) mass is 250 g/mol. The molecule has 1 aromatic carbocycles. The molecule has 4 nitrogen and oxygen atoms in total. The van der Waals surface area contributed by atoms with Crippen LogP contribution in [0.25, 0.3) is 0 Å². The zero-order valence-electron chi connectivity index (χ0n) is 10.4. The Hall–Kier alpha value is -1.75. The van der Waals surface area contributed by atoms with Crippen LogP contribution >= 0.6 is 0 Å². The van der Waals surface area contributed by atoms with Crippen molar-refractivity contribution in [3.63, 3.8) is 0 Å². The summed E-state index contributed by atoms with van der Waals surface area (Å²) in [6.07, 6.45) is 0. The van der Waals surface area contributed by atoms with E-state index >= 15 is 0 Å². The van der Waals surface area contributed by atoms with Gasteiger partial charge in [0, 0.05) is 6.54 Å². The number of anilines is 1. The molecule has 1 unspecified atom stereocenters. The number of halogens is 1. The van der Waals surface area contributed by atoms with E-state index in [-0.39, 0.29) is 11.5 Å². The van der Waals surface area contributed by atoms with Crippen LogP contribution < -0.4 is 10.2 Å². The zero-order valence-corrected chi connectivity index (χ0v) is 10.4. The van der Waals surface area contributed by atoms with Gasteiger partial charge in [-0.1, -0.05) is 6.92 Å². The van der Waals surface area contributed by atoms with E-state index in [0.717, 1.165) is 12.6 Å². The van der Waals surface area contributed by atoms with Crippen LogP contribution in [0, 0.1) is 11.7 Å². The maximum Gasteiger partial charge on any atom is 0.299 e. The van der Waals surface area contributed by atoms with Crippen LogP contribution in [-0.2, 0) is 4.79 Å². The summed E-state index contributed by atoms with van der Waals surface area (Å²) in [7, 11) is 1.83. The molecule has 2 rings (SSSR count). The number of rotatable bonds is 4. The topological polar surface area (TPSA) is 49.4 Å². The Morgan fingerprint density at radius 1 is 1.39 bits per heavy atom. The molecule has 1 aromatic rings. The number of carbonyl (C=O) groups excluding carboxylic acids is 2. The second kappa shape index (κ2) is 4.86. The van der Waals surface area contributed by atoms with Gasteiger partial charge in [-0.15, -0.1) is 0 Å². The van der Waals surface area contributed by atoms with Gasteiger partial charge in [-0.3, -0.25) is 9.59 Å². The fourth-order valence-corrected chi connectivity index (χ4v) is 2.18. The molecule has 1 aliphatic rings. The fourth-order valence-electron chi connectivity index (χ4n) is 2.18. The predicted octanol–water partition coefficient (Wildman–Crippen LogP) is 1.21.